The molecule has 0 radical (unpaired) electrons. The Labute approximate surface area is 120 Å². The molecule has 4 nitrogen and oxygen atoms in total. The minimum Gasteiger partial charge on any atom is -0.392 e. The van der Waals surface area contributed by atoms with Crippen LogP contribution in [0.1, 0.15) is 43.2 Å². The molecule has 0 unspecified atom stereocenters. The number of nitrogens with one attached hydrogen (secondary N) is 1. The number of hydrogen-bond acceptors (Lipinski definition) is 3. The number of rotatable bonds is 5. The van der Waals surface area contributed by atoms with E-state index in [-0.39, 0.29) is 17.9 Å². The van der Waals surface area contributed by atoms with Crippen molar-refractivity contribution < 1.29 is 9.90 Å². The highest BCUT2D eigenvalue weighted by atomic mass is 16.3. The van der Waals surface area contributed by atoms with Gasteiger partial charge >= 0.3 is 0 Å². The second kappa shape index (κ2) is 6.86. The second-order valence-electron chi connectivity index (χ2n) is 5.71. The van der Waals surface area contributed by atoms with Crippen molar-refractivity contribution in [3.63, 3.8) is 0 Å². The summed E-state index contributed by atoms with van der Waals surface area (Å²) in [5, 5.41) is 12.1. The number of carbonyl (C=O) groups excluding carboxylic acids is 1. The molecule has 1 aromatic rings. The molecule has 0 spiro atoms. The van der Waals surface area contributed by atoms with Gasteiger partial charge in [-0.3, -0.25) is 4.79 Å². The molecular formula is C16H24N2O2. The molecule has 4 heteroatoms. The minimum absolute atomic E-state index is 0.0223. The van der Waals surface area contributed by atoms with E-state index in [9.17, 15) is 4.79 Å². The third-order valence-corrected chi connectivity index (χ3v) is 4.31. The predicted molar refractivity (Wildman–Crippen MR) is 78.8 cm³/mol. The lowest BCUT2D eigenvalue weighted by atomic mass is 9.73. The molecule has 0 heterocycles. The lowest BCUT2D eigenvalue weighted by Crippen LogP contribution is -2.46. The Hall–Kier alpha value is -1.39. The van der Waals surface area contributed by atoms with Gasteiger partial charge in [0.05, 0.1) is 12.0 Å². The molecular weight excluding hydrogens is 252 g/mol. The molecule has 0 atom stereocenters. The lowest BCUT2D eigenvalue weighted by Gasteiger charge is -2.34. The molecule has 0 bridgehead atoms. The smallest absolute Gasteiger partial charge is 0.227 e. The van der Waals surface area contributed by atoms with Crippen LogP contribution < -0.4 is 11.1 Å². The SMILES string of the molecule is NCC1(C(=O)NCc2cccc(CO)c2)CCCCC1. The van der Waals surface area contributed by atoms with Crippen LogP contribution in [0.25, 0.3) is 0 Å². The average molecular weight is 276 g/mol. The molecule has 0 aliphatic heterocycles. The molecule has 1 amide bonds. The Balaban J connectivity index is 1.96. The van der Waals surface area contributed by atoms with Gasteiger partial charge in [-0.15, -0.1) is 0 Å². The molecule has 1 fully saturated rings. The molecule has 1 aromatic carbocycles. The van der Waals surface area contributed by atoms with Gasteiger partial charge in [0.25, 0.3) is 0 Å². The zero-order valence-corrected chi connectivity index (χ0v) is 11.9. The summed E-state index contributed by atoms with van der Waals surface area (Å²) in [6, 6.07) is 7.63. The van der Waals surface area contributed by atoms with Gasteiger partial charge in [-0.25, -0.2) is 0 Å². The van der Waals surface area contributed by atoms with Crippen molar-refractivity contribution in [2.24, 2.45) is 11.1 Å². The van der Waals surface area contributed by atoms with Crippen molar-refractivity contribution in [1.29, 1.82) is 0 Å². The van der Waals surface area contributed by atoms with Crippen LogP contribution in [0.15, 0.2) is 24.3 Å². The van der Waals surface area contributed by atoms with E-state index in [1.165, 1.54) is 6.42 Å². The molecule has 0 saturated heterocycles. The molecule has 110 valence electrons. The molecule has 1 saturated carbocycles. The first-order chi connectivity index (χ1) is 9.70. The number of carbonyl (C=O) groups is 1. The van der Waals surface area contributed by atoms with Crippen molar-refractivity contribution in [1.82, 2.24) is 5.32 Å². The summed E-state index contributed by atoms with van der Waals surface area (Å²) in [6.07, 6.45) is 5.17. The Bertz CT molecular complexity index is 454. The van der Waals surface area contributed by atoms with Gasteiger partial charge in [0.1, 0.15) is 0 Å². The summed E-state index contributed by atoms with van der Waals surface area (Å²) in [6.45, 7) is 0.943. The summed E-state index contributed by atoms with van der Waals surface area (Å²) in [5.74, 6) is 0.0779. The summed E-state index contributed by atoms with van der Waals surface area (Å²) in [7, 11) is 0. The number of aliphatic hydroxyl groups is 1. The predicted octanol–water partition coefficient (Wildman–Crippen LogP) is 1.70. The highest BCUT2D eigenvalue weighted by Gasteiger charge is 2.37. The monoisotopic (exact) mass is 276 g/mol. The number of hydrogen-bond donors (Lipinski definition) is 3. The lowest BCUT2D eigenvalue weighted by molar-refractivity contribution is -0.132. The maximum absolute atomic E-state index is 12.4. The summed E-state index contributed by atoms with van der Waals surface area (Å²) >= 11 is 0. The zero-order valence-electron chi connectivity index (χ0n) is 11.9. The van der Waals surface area contributed by atoms with E-state index in [0.29, 0.717) is 13.1 Å². The Morgan fingerprint density at radius 3 is 2.60 bits per heavy atom. The van der Waals surface area contributed by atoms with Gasteiger partial charge in [-0.2, -0.15) is 0 Å². The van der Waals surface area contributed by atoms with Gasteiger partial charge in [0, 0.05) is 13.1 Å². The first kappa shape index (κ1) is 15.0. The highest BCUT2D eigenvalue weighted by molar-refractivity contribution is 5.83. The van der Waals surface area contributed by atoms with E-state index < -0.39 is 0 Å². The Morgan fingerprint density at radius 2 is 1.95 bits per heavy atom. The maximum atomic E-state index is 12.4. The molecule has 1 aliphatic rings. The van der Waals surface area contributed by atoms with Crippen LogP contribution in [-0.4, -0.2) is 17.6 Å². The molecule has 1 aliphatic carbocycles. The van der Waals surface area contributed by atoms with Crippen LogP contribution in [0, 0.1) is 5.41 Å². The molecule has 2 rings (SSSR count). The molecule has 0 aromatic heterocycles. The van der Waals surface area contributed by atoms with Crippen molar-refractivity contribution in [2.75, 3.05) is 6.54 Å². The fourth-order valence-electron chi connectivity index (χ4n) is 2.96. The van der Waals surface area contributed by atoms with E-state index in [4.69, 9.17) is 10.8 Å². The second-order valence-corrected chi connectivity index (χ2v) is 5.71. The molecule has 4 N–H and O–H groups in total. The van der Waals surface area contributed by atoms with Crippen LogP contribution in [0.4, 0.5) is 0 Å². The van der Waals surface area contributed by atoms with Gasteiger partial charge in [-0.1, -0.05) is 43.5 Å². The Kier molecular flexibility index (Phi) is 5.15. The topological polar surface area (TPSA) is 75.4 Å². The van der Waals surface area contributed by atoms with Gasteiger partial charge in [0.15, 0.2) is 0 Å². The molecule has 20 heavy (non-hydrogen) atoms. The fourth-order valence-corrected chi connectivity index (χ4v) is 2.96. The van der Waals surface area contributed by atoms with Gasteiger partial charge < -0.3 is 16.2 Å². The third kappa shape index (κ3) is 3.38. The van der Waals surface area contributed by atoms with Gasteiger partial charge in [-0.05, 0) is 24.0 Å². The van der Waals surface area contributed by atoms with Crippen LogP contribution in [0.3, 0.4) is 0 Å². The van der Waals surface area contributed by atoms with Crippen molar-refractivity contribution >= 4 is 5.91 Å². The minimum atomic E-state index is -0.368. The van der Waals surface area contributed by atoms with E-state index in [0.717, 1.165) is 36.8 Å². The highest BCUT2D eigenvalue weighted by Crippen LogP contribution is 2.35. The number of nitrogens with two attached hydrogens (primary N) is 1. The fraction of sp³-hybridized carbons (Fsp3) is 0.562. The average Bonchev–Trinajstić information content (AvgIpc) is 2.53. The Morgan fingerprint density at radius 1 is 1.25 bits per heavy atom. The number of amides is 1. The van der Waals surface area contributed by atoms with Crippen LogP contribution in [0.2, 0.25) is 0 Å². The largest absolute Gasteiger partial charge is 0.392 e. The third-order valence-electron chi connectivity index (χ3n) is 4.31. The number of aliphatic hydroxyl groups excluding tert-OH is 1. The first-order valence-electron chi connectivity index (χ1n) is 7.37. The van der Waals surface area contributed by atoms with E-state index >= 15 is 0 Å². The van der Waals surface area contributed by atoms with E-state index in [2.05, 4.69) is 5.32 Å². The maximum Gasteiger partial charge on any atom is 0.227 e. The van der Waals surface area contributed by atoms with Crippen molar-refractivity contribution in [3.05, 3.63) is 35.4 Å². The van der Waals surface area contributed by atoms with Crippen LogP contribution in [-0.2, 0) is 17.9 Å². The normalized spacial score (nSPS) is 17.7. The van der Waals surface area contributed by atoms with E-state index in [1.54, 1.807) is 0 Å². The summed E-state index contributed by atoms with van der Waals surface area (Å²) < 4.78 is 0. The first-order valence-corrected chi connectivity index (χ1v) is 7.37. The van der Waals surface area contributed by atoms with Crippen molar-refractivity contribution in [3.8, 4) is 0 Å². The van der Waals surface area contributed by atoms with Gasteiger partial charge in [0.2, 0.25) is 5.91 Å². The van der Waals surface area contributed by atoms with E-state index in [1.807, 2.05) is 24.3 Å². The van der Waals surface area contributed by atoms with Crippen molar-refractivity contribution in [2.45, 2.75) is 45.3 Å². The summed E-state index contributed by atoms with van der Waals surface area (Å²) in [4.78, 5) is 12.4. The number of benzene rings is 1. The van der Waals surface area contributed by atoms with Crippen LogP contribution >= 0.6 is 0 Å². The summed E-state index contributed by atoms with van der Waals surface area (Å²) in [5.41, 5.74) is 7.36. The standard InChI is InChI=1S/C16H24N2O2/c17-12-16(7-2-1-3-8-16)15(20)18-10-13-5-4-6-14(9-13)11-19/h4-6,9,19H,1-3,7-8,10-12,17H2,(H,18,20). The zero-order chi connectivity index (χ0) is 14.4. The van der Waals surface area contributed by atoms with Crippen LogP contribution in [0.5, 0.6) is 0 Å². The quantitative estimate of drug-likeness (QED) is 0.766.